The molecule has 1 saturated heterocycles. The molecule has 2 aliphatic rings. The highest BCUT2D eigenvalue weighted by Gasteiger charge is 2.67. The molecule has 2 N–H and O–H groups in total. The molecule has 5 rings (SSSR count). The Labute approximate surface area is 227 Å². The van der Waals surface area contributed by atoms with E-state index < -0.39 is 23.4 Å². The number of nitro groups is 1. The second kappa shape index (κ2) is 9.96. The van der Waals surface area contributed by atoms with Gasteiger partial charge < -0.3 is 14.8 Å². The molecule has 3 aromatic rings. The van der Waals surface area contributed by atoms with E-state index in [0.717, 1.165) is 5.56 Å². The molecule has 4 atom stereocenters. The molecule has 0 bridgehead atoms. The molecule has 0 aliphatic carbocycles. The first kappa shape index (κ1) is 25.5. The first-order valence-electron chi connectivity index (χ1n) is 11.9. The number of para-hydroxylation sites is 1. The molecule has 1 amide bonds. The highest BCUT2D eigenvalue weighted by Crippen LogP contribution is 2.51. The lowest BCUT2D eigenvalue weighted by Crippen LogP contribution is -2.54. The van der Waals surface area contributed by atoms with E-state index in [1.165, 1.54) is 0 Å². The number of benzene rings is 3. The largest absolute Gasteiger partial charge is 0.490 e. The molecule has 3 aromatic carbocycles. The van der Waals surface area contributed by atoms with Gasteiger partial charge in [-0.1, -0.05) is 48.0 Å². The summed E-state index contributed by atoms with van der Waals surface area (Å²) in [6.45, 7) is 4.30. The van der Waals surface area contributed by atoms with Gasteiger partial charge in [0, 0.05) is 32.8 Å². The van der Waals surface area contributed by atoms with Crippen LogP contribution in [0.25, 0.3) is 0 Å². The van der Waals surface area contributed by atoms with Crippen LogP contribution in [-0.2, 0) is 16.9 Å². The van der Waals surface area contributed by atoms with Crippen molar-refractivity contribution in [3.05, 3.63) is 97.0 Å². The summed E-state index contributed by atoms with van der Waals surface area (Å²) in [6, 6.07) is 16.4. The van der Waals surface area contributed by atoms with Crippen molar-refractivity contribution < 1.29 is 19.2 Å². The lowest BCUT2D eigenvalue weighted by atomic mass is 9.78. The summed E-state index contributed by atoms with van der Waals surface area (Å²) < 4.78 is 12.6. The molecule has 1 spiro atoms. The van der Waals surface area contributed by atoms with Crippen molar-refractivity contribution in [1.29, 1.82) is 0 Å². The summed E-state index contributed by atoms with van der Waals surface area (Å²) >= 11 is 9.87. The predicted octanol–water partition coefficient (Wildman–Crippen LogP) is 5.65. The van der Waals surface area contributed by atoms with E-state index in [1.54, 1.807) is 36.4 Å². The number of carbonyl (C=O) groups excluding carboxylic acids is 1. The smallest absolute Gasteiger partial charge is 0.256 e. The highest BCUT2D eigenvalue weighted by atomic mass is 79.9. The summed E-state index contributed by atoms with van der Waals surface area (Å²) in [5.41, 5.74) is 1.16. The SMILES string of the molecule is CCOc1cc([C@@H]2[C@H](C)N[C@@]3(C(=O)Nc4ccccc43)[C@@H]2[N+](=O)[O-])cc(Br)c1OCc1ccccc1Cl. The van der Waals surface area contributed by atoms with Crippen LogP contribution in [0.5, 0.6) is 11.5 Å². The van der Waals surface area contributed by atoms with Crippen molar-refractivity contribution >= 4 is 39.1 Å². The summed E-state index contributed by atoms with van der Waals surface area (Å²) in [4.78, 5) is 25.5. The van der Waals surface area contributed by atoms with Gasteiger partial charge >= 0.3 is 0 Å². The monoisotopic (exact) mass is 585 g/mol. The normalized spacial score (nSPS) is 24.1. The van der Waals surface area contributed by atoms with E-state index in [2.05, 4.69) is 26.6 Å². The van der Waals surface area contributed by atoms with Gasteiger partial charge in [-0.25, -0.2) is 0 Å². The Kier molecular flexibility index (Phi) is 6.87. The highest BCUT2D eigenvalue weighted by molar-refractivity contribution is 9.10. The second-order valence-corrected chi connectivity index (χ2v) is 10.4. The molecule has 10 heteroatoms. The minimum atomic E-state index is -1.48. The Hall–Kier alpha value is -3.14. The fraction of sp³-hybridized carbons (Fsp3) is 0.296. The molecule has 0 aromatic heterocycles. The van der Waals surface area contributed by atoms with E-state index in [0.29, 0.717) is 44.4 Å². The quantitative estimate of drug-likeness (QED) is 0.274. The Morgan fingerprint density at radius 1 is 1.14 bits per heavy atom. The molecule has 2 aliphatic heterocycles. The number of nitrogens with one attached hydrogen (secondary N) is 2. The summed E-state index contributed by atoms with van der Waals surface area (Å²) in [6.07, 6.45) is 0. The van der Waals surface area contributed by atoms with Gasteiger partial charge in [-0.3, -0.25) is 20.2 Å². The third-order valence-electron chi connectivity index (χ3n) is 7.01. The van der Waals surface area contributed by atoms with Gasteiger partial charge in [0.15, 0.2) is 17.0 Å². The number of fused-ring (bicyclic) bond motifs is 2. The molecule has 2 heterocycles. The molecule has 192 valence electrons. The summed E-state index contributed by atoms with van der Waals surface area (Å²) in [7, 11) is 0. The minimum Gasteiger partial charge on any atom is -0.490 e. The van der Waals surface area contributed by atoms with Crippen molar-refractivity contribution in [2.75, 3.05) is 11.9 Å². The van der Waals surface area contributed by atoms with E-state index in [1.807, 2.05) is 38.1 Å². The fourth-order valence-electron chi connectivity index (χ4n) is 5.50. The van der Waals surface area contributed by atoms with Crippen LogP contribution in [0.2, 0.25) is 5.02 Å². The third kappa shape index (κ3) is 4.24. The molecule has 37 heavy (non-hydrogen) atoms. The van der Waals surface area contributed by atoms with Crippen molar-refractivity contribution in [3.63, 3.8) is 0 Å². The van der Waals surface area contributed by atoms with Gasteiger partial charge in [-0.05, 0) is 59.6 Å². The van der Waals surface area contributed by atoms with Crippen LogP contribution in [-0.4, -0.2) is 29.5 Å². The maximum atomic E-state index is 13.3. The maximum Gasteiger partial charge on any atom is 0.256 e. The van der Waals surface area contributed by atoms with E-state index in [4.69, 9.17) is 21.1 Å². The lowest BCUT2D eigenvalue weighted by Gasteiger charge is -2.26. The van der Waals surface area contributed by atoms with Crippen molar-refractivity contribution in [2.24, 2.45) is 0 Å². The maximum absolute atomic E-state index is 13.3. The Balaban J connectivity index is 1.55. The zero-order chi connectivity index (χ0) is 26.3. The van der Waals surface area contributed by atoms with E-state index >= 15 is 0 Å². The van der Waals surface area contributed by atoms with Crippen LogP contribution < -0.4 is 20.1 Å². The number of anilines is 1. The van der Waals surface area contributed by atoms with E-state index in [-0.39, 0.29) is 17.6 Å². The number of amides is 1. The number of hydrogen-bond acceptors (Lipinski definition) is 6. The number of halogens is 2. The molecular formula is C27H25BrClN3O5. The number of nitrogens with zero attached hydrogens (tertiary/aromatic N) is 1. The van der Waals surface area contributed by atoms with Crippen molar-refractivity contribution in [3.8, 4) is 11.5 Å². The van der Waals surface area contributed by atoms with Gasteiger partial charge in [0.25, 0.3) is 11.9 Å². The Morgan fingerprint density at radius 3 is 2.59 bits per heavy atom. The standard InChI is InChI=1S/C27H25BrClN3O5/c1-3-36-22-13-17(12-19(28)24(22)37-14-16-8-4-6-10-20(16)29)23-15(2)31-27(25(23)32(34)35)18-9-5-7-11-21(18)30-26(27)33/h4-13,15,23,25,31H,3,14H2,1-2H3,(H,30,33)/t15-,23-,25+,27+/m0/s1. The van der Waals surface area contributed by atoms with Crippen molar-refractivity contribution in [2.45, 2.75) is 44.0 Å². The second-order valence-electron chi connectivity index (χ2n) is 9.14. The van der Waals surface area contributed by atoms with Gasteiger partial charge in [0.05, 0.1) is 17.0 Å². The van der Waals surface area contributed by atoms with Crippen LogP contribution in [0.1, 0.15) is 36.5 Å². The third-order valence-corrected chi connectivity index (χ3v) is 7.97. The predicted molar refractivity (Wildman–Crippen MR) is 144 cm³/mol. The van der Waals surface area contributed by atoms with Gasteiger partial charge in [-0.15, -0.1) is 0 Å². The first-order chi connectivity index (χ1) is 17.8. The zero-order valence-electron chi connectivity index (χ0n) is 20.2. The Morgan fingerprint density at radius 2 is 1.86 bits per heavy atom. The Bertz CT molecular complexity index is 1390. The van der Waals surface area contributed by atoms with Gasteiger partial charge in [0.2, 0.25) is 0 Å². The topological polar surface area (TPSA) is 103 Å². The summed E-state index contributed by atoms with van der Waals surface area (Å²) in [5.74, 6) is -0.125. The van der Waals surface area contributed by atoms with Gasteiger partial charge in [-0.2, -0.15) is 0 Å². The molecule has 8 nitrogen and oxygen atoms in total. The van der Waals surface area contributed by atoms with Crippen LogP contribution in [0.15, 0.2) is 65.1 Å². The molecule has 0 radical (unpaired) electrons. The number of carbonyl (C=O) groups is 1. The molecule has 0 unspecified atom stereocenters. The number of ether oxygens (including phenoxy) is 2. The zero-order valence-corrected chi connectivity index (χ0v) is 22.5. The number of rotatable bonds is 7. The molecular weight excluding hydrogens is 562 g/mol. The van der Waals surface area contributed by atoms with Crippen LogP contribution in [0.3, 0.4) is 0 Å². The lowest BCUT2D eigenvalue weighted by molar-refractivity contribution is -0.532. The summed E-state index contributed by atoms with van der Waals surface area (Å²) in [5, 5.41) is 19.3. The van der Waals surface area contributed by atoms with Crippen LogP contribution in [0.4, 0.5) is 5.69 Å². The van der Waals surface area contributed by atoms with Crippen LogP contribution >= 0.6 is 27.5 Å². The van der Waals surface area contributed by atoms with Crippen molar-refractivity contribution in [1.82, 2.24) is 5.32 Å². The minimum absolute atomic E-state index is 0.219. The van der Waals surface area contributed by atoms with Crippen LogP contribution in [0, 0.1) is 10.1 Å². The fourth-order valence-corrected chi connectivity index (χ4v) is 6.27. The van der Waals surface area contributed by atoms with Gasteiger partial charge in [0.1, 0.15) is 6.61 Å². The first-order valence-corrected chi connectivity index (χ1v) is 13.1. The molecule has 1 fully saturated rings. The number of hydrogen-bond donors (Lipinski definition) is 2. The van der Waals surface area contributed by atoms with E-state index in [9.17, 15) is 14.9 Å². The molecule has 0 saturated carbocycles. The average molecular weight is 587 g/mol. The average Bonchev–Trinajstić information content (AvgIpc) is 3.33.